The highest BCUT2D eigenvalue weighted by atomic mass is 35.5. The van der Waals surface area contributed by atoms with E-state index in [1.807, 2.05) is 30.3 Å². The number of esters is 1. The SMILES string of the molecule is O=C(NC1(C(=O)OCc2ccccc2)CCCCC1)c1cccnc1Cl. The molecule has 1 amide bonds. The largest absolute Gasteiger partial charge is 0.459 e. The molecule has 0 saturated heterocycles. The number of halogens is 1. The van der Waals surface area contributed by atoms with Crippen molar-refractivity contribution in [1.29, 1.82) is 0 Å². The maximum Gasteiger partial charge on any atom is 0.332 e. The van der Waals surface area contributed by atoms with E-state index >= 15 is 0 Å². The van der Waals surface area contributed by atoms with Crippen LogP contribution in [0, 0.1) is 0 Å². The second kappa shape index (κ2) is 8.32. The molecule has 0 spiro atoms. The summed E-state index contributed by atoms with van der Waals surface area (Å²) in [4.78, 5) is 29.5. The van der Waals surface area contributed by atoms with Crippen molar-refractivity contribution in [1.82, 2.24) is 10.3 Å². The van der Waals surface area contributed by atoms with Gasteiger partial charge in [0.05, 0.1) is 5.56 Å². The maximum absolute atomic E-state index is 12.9. The van der Waals surface area contributed by atoms with Crippen LogP contribution in [0.25, 0.3) is 0 Å². The van der Waals surface area contributed by atoms with Crippen molar-refractivity contribution < 1.29 is 14.3 Å². The van der Waals surface area contributed by atoms with Gasteiger partial charge in [-0.3, -0.25) is 4.79 Å². The zero-order chi connectivity index (χ0) is 18.4. The van der Waals surface area contributed by atoms with Gasteiger partial charge in [0.15, 0.2) is 0 Å². The van der Waals surface area contributed by atoms with E-state index in [2.05, 4.69) is 10.3 Å². The lowest BCUT2D eigenvalue weighted by atomic mass is 9.81. The van der Waals surface area contributed by atoms with Crippen molar-refractivity contribution >= 4 is 23.5 Å². The van der Waals surface area contributed by atoms with E-state index in [4.69, 9.17) is 16.3 Å². The standard InChI is InChI=1S/C20H21ClN2O3/c21-17-16(10-7-13-22-17)18(24)23-20(11-5-2-6-12-20)19(25)26-14-15-8-3-1-4-9-15/h1,3-4,7-10,13H,2,5-6,11-12,14H2,(H,23,24). The predicted molar refractivity (Wildman–Crippen MR) is 98.8 cm³/mol. The van der Waals surface area contributed by atoms with Crippen molar-refractivity contribution in [2.24, 2.45) is 0 Å². The molecule has 1 aromatic carbocycles. The van der Waals surface area contributed by atoms with Crippen LogP contribution in [-0.4, -0.2) is 22.4 Å². The number of hydrogen-bond acceptors (Lipinski definition) is 4. The fourth-order valence-corrected chi connectivity index (χ4v) is 3.44. The molecule has 0 aliphatic heterocycles. The summed E-state index contributed by atoms with van der Waals surface area (Å²) >= 11 is 6.01. The van der Waals surface area contributed by atoms with Crippen molar-refractivity contribution in [3.05, 3.63) is 64.9 Å². The van der Waals surface area contributed by atoms with Gasteiger partial charge in [-0.1, -0.05) is 61.2 Å². The third-order valence-corrected chi connectivity index (χ3v) is 4.97. The van der Waals surface area contributed by atoms with Crippen LogP contribution in [0.5, 0.6) is 0 Å². The van der Waals surface area contributed by atoms with Gasteiger partial charge >= 0.3 is 5.97 Å². The molecule has 2 aromatic rings. The minimum atomic E-state index is -1.01. The minimum absolute atomic E-state index is 0.119. The number of aromatic nitrogens is 1. The van der Waals surface area contributed by atoms with Gasteiger partial charge < -0.3 is 10.1 Å². The van der Waals surface area contributed by atoms with Gasteiger partial charge in [-0.2, -0.15) is 0 Å². The number of pyridine rings is 1. The highest BCUT2D eigenvalue weighted by molar-refractivity contribution is 6.32. The van der Waals surface area contributed by atoms with Crippen LogP contribution in [0.15, 0.2) is 48.7 Å². The number of carbonyl (C=O) groups excluding carboxylic acids is 2. The van der Waals surface area contributed by atoms with Crippen molar-refractivity contribution in [3.63, 3.8) is 0 Å². The average Bonchev–Trinajstić information content (AvgIpc) is 2.68. The van der Waals surface area contributed by atoms with Crippen LogP contribution in [0.1, 0.15) is 48.0 Å². The summed E-state index contributed by atoms with van der Waals surface area (Å²) in [5.74, 6) is -0.795. The molecule has 6 heteroatoms. The molecule has 0 unspecified atom stereocenters. The van der Waals surface area contributed by atoms with Crippen LogP contribution in [0.3, 0.4) is 0 Å². The topological polar surface area (TPSA) is 68.3 Å². The third kappa shape index (κ3) is 4.22. The van der Waals surface area contributed by atoms with Gasteiger partial charge in [0, 0.05) is 6.20 Å². The van der Waals surface area contributed by atoms with Gasteiger partial charge in [0.1, 0.15) is 17.3 Å². The predicted octanol–water partition coefficient (Wildman–Crippen LogP) is 3.91. The summed E-state index contributed by atoms with van der Waals surface area (Å²) < 4.78 is 5.54. The first-order valence-electron chi connectivity index (χ1n) is 8.75. The van der Waals surface area contributed by atoms with Crippen molar-refractivity contribution in [3.8, 4) is 0 Å². The summed E-state index contributed by atoms with van der Waals surface area (Å²) in [7, 11) is 0. The third-order valence-electron chi connectivity index (χ3n) is 4.67. The second-order valence-corrected chi connectivity index (χ2v) is 6.86. The molecule has 136 valence electrons. The number of hydrogen-bond donors (Lipinski definition) is 1. The van der Waals surface area contributed by atoms with Crippen LogP contribution >= 0.6 is 11.6 Å². The zero-order valence-electron chi connectivity index (χ0n) is 14.4. The van der Waals surface area contributed by atoms with E-state index in [9.17, 15) is 9.59 Å². The van der Waals surface area contributed by atoms with Gasteiger partial charge in [0.25, 0.3) is 5.91 Å². The van der Waals surface area contributed by atoms with Crippen LogP contribution < -0.4 is 5.32 Å². The number of nitrogens with zero attached hydrogens (tertiary/aromatic N) is 1. The molecule has 3 rings (SSSR count). The van der Waals surface area contributed by atoms with Crippen LogP contribution in [0.2, 0.25) is 5.15 Å². The Labute approximate surface area is 157 Å². The Hall–Kier alpha value is -2.40. The monoisotopic (exact) mass is 372 g/mol. The van der Waals surface area contributed by atoms with E-state index in [0.717, 1.165) is 24.8 Å². The van der Waals surface area contributed by atoms with Crippen LogP contribution in [-0.2, 0) is 16.1 Å². The Morgan fingerprint density at radius 1 is 1.08 bits per heavy atom. The first kappa shape index (κ1) is 18.4. The van der Waals surface area contributed by atoms with E-state index < -0.39 is 17.4 Å². The first-order chi connectivity index (χ1) is 12.6. The van der Waals surface area contributed by atoms with Crippen LogP contribution in [0.4, 0.5) is 0 Å². The number of rotatable bonds is 5. The number of carbonyl (C=O) groups is 2. The highest BCUT2D eigenvalue weighted by Gasteiger charge is 2.42. The highest BCUT2D eigenvalue weighted by Crippen LogP contribution is 2.30. The Kier molecular flexibility index (Phi) is 5.89. The molecular weight excluding hydrogens is 352 g/mol. The van der Waals surface area contributed by atoms with E-state index in [1.165, 1.54) is 6.20 Å². The summed E-state index contributed by atoms with van der Waals surface area (Å²) in [6.45, 7) is 0.185. The Bertz CT molecular complexity index is 774. The molecule has 0 bridgehead atoms. The Balaban J connectivity index is 1.74. The summed E-state index contributed by atoms with van der Waals surface area (Å²) in [6, 6.07) is 12.7. The number of nitrogens with one attached hydrogen (secondary N) is 1. The second-order valence-electron chi connectivity index (χ2n) is 6.50. The molecular formula is C20H21ClN2O3. The van der Waals surface area contributed by atoms with Gasteiger partial charge in [-0.05, 0) is 30.5 Å². The lowest BCUT2D eigenvalue weighted by Gasteiger charge is -2.35. The fraction of sp³-hybridized carbons (Fsp3) is 0.350. The molecule has 1 aliphatic carbocycles. The quantitative estimate of drug-likeness (QED) is 0.638. The lowest BCUT2D eigenvalue weighted by molar-refractivity contribution is -0.154. The molecule has 1 fully saturated rings. The fourth-order valence-electron chi connectivity index (χ4n) is 3.24. The normalized spacial score (nSPS) is 15.9. The summed E-state index contributed by atoms with van der Waals surface area (Å²) in [5, 5.41) is 3.01. The molecule has 1 aromatic heterocycles. The Morgan fingerprint density at radius 2 is 1.81 bits per heavy atom. The smallest absolute Gasteiger partial charge is 0.332 e. The zero-order valence-corrected chi connectivity index (χ0v) is 15.2. The molecule has 1 N–H and O–H groups in total. The molecule has 0 atom stereocenters. The van der Waals surface area contributed by atoms with Crippen molar-refractivity contribution in [2.45, 2.75) is 44.2 Å². The molecule has 1 aliphatic rings. The van der Waals surface area contributed by atoms with E-state index in [-0.39, 0.29) is 17.3 Å². The number of amides is 1. The summed E-state index contributed by atoms with van der Waals surface area (Å²) in [6.07, 6.45) is 5.40. The van der Waals surface area contributed by atoms with Gasteiger partial charge in [-0.15, -0.1) is 0 Å². The molecule has 0 radical (unpaired) electrons. The average molecular weight is 373 g/mol. The lowest BCUT2D eigenvalue weighted by Crippen LogP contribution is -2.56. The Morgan fingerprint density at radius 3 is 2.50 bits per heavy atom. The van der Waals surface area contributed by atoms with E-state index in [1.54, 1.807) is 12.1 Å². The number of benzene rings is 1. The van der Waals surface area contributed by atoms with Gasteiger partial charge in [-0.25, -0.2) is 9.78 Å². The van der Waals surface area contributed by atoms with Gasteiger partial charge in [0.2, 0.25) is 0 Å². The van der Waals surface area contributed by atoms with E-state index in [0.29, 0.717) is 12.8 Å². The molecule has 1 saturated carbocycles. The van der Waals surface area contributed by atoms with Crippen molar-refractivity contribution in [2.75, 3.05) is 0 Å². The summed E-state index contributed by atoms with van der Waals surface area (Å²) in [5.41, 5.74) is 0.159. The minimum Gasteiger partial charge on any atom is -0.459 e. The number of ether oxygens (including phenoxy) is 1. The first-order valence-corrected chi connectivity index (χ1v) is 9.13. The molecule has 5 nitrogen and oxygen atoms in total. The maximum atomic E-state index is 12.9. The molecule has 1 heterocycles. The molecule has 26 heavy (non-hydrogen) atoms.